The van der Waals surface area contributed by atoms with E-state index in [2.05, 4.69) is 15.9 Å². The minimum atomic E-state index is -0.650. The number of aliphatic hydroxyl groups is 1. The molecule has 4 heteroatoms. The molecule has 0 amide bonds. The smallest absolute Gasteiger partial charge is 0.124 e. The zero-order chi connectivity index (χ0) is 13.8. The van der Waals surface area contributed by atoms with Gasteiger partial charge in [-0.3, -0.25) is 0 Å². The van der Waals surface area contributed by atoms with Gasteiger partial charge >= 0.3 is 0 Å². The molecule has 2 aromatic rings. The van der Waals surface area contributed by atoms with Crippen molar-refractivity contribution in [2.24, 2.45) is 0 Å². The monoisotopic (exact) mass is 340 g/mol. The lowest BCUT2D eigenvalue weighted by Crippen LogP contribution is -2.04. The number of halogens is 2. The molecule has 0 saturated carbocycles. The van der Waals surface area contributed by atoms with E-state index in [1.807, 2.05) is 24.3 Å². The Morgan fingerprint density at radius 1 is 1.26 bits per heavy atom. The highest BCUT2D eigenvalue weighted by molar-refractivity contribution is 9.10. The van der Waals surface area contributed by atoms with Gasteiger partial charge in [-0.05, 0) is 35.9 Å². The van der Waals surface area contributed by atoms with Crippen molar-refractivity contribution in [3.63, 3.8) is 0 Å². The molecule has 0 spiro atoms. The molecule has 0 radical (unpaired) electrons. The molecule has 0 aliphatic rings. The van der Waals surface area contributed by atoms with Crippen LogP contribution < -0.4 is 4.74 Å². The average Bonchev–Trinajstić information content (AvgIpc) is 2.38. The molecular weight excluding hydrogens is 328 g/mol. The van der Waals surface area contributed by atoms with Gasteiger partial charge in [-0.2, -0.15) is 0 Å². The van der Waals surface area contributed by atoms with Crippen molar-refractivity contribution in [1.29, 1.82) is 0 Å². The Bertz CT molecular complexity index is 572. The Labute approximate surface area is 126 Å². The SMILES string of the molecule is COc1ccc(Cl)cc1C(O)Cc1cccc(Br)c1. The van der Waals surface area contributed by atoms with Crippen LogP contribution >= 0.6 is 27.5 Å². The van der Waals surface area contributed by atoms with Crippen LogP contribution in [0.5, 0.6) is 5.75 Å². The van der Waals surface area contributed by atoms with Gasteiger partial charge in [-0.15, -0.1) is 0 Å². The summed E-state index contributed by atoms with van der Waals surface area (Å²) in [4.78, 5) is 0. The normalized spacial score (nSPS) is 12.2. The third-order valence-electron chi connectivity index (χ3n) is 2.87. The molecule has 1 atom stereocenters. The molecule has 0 bridgehead atoms. The van der Waals surface area contributed by atoms with E-state index < -0.39 is 6.10 Å². The third-order valence-corrected chi connectivity index (χ3v) is 3.60. The number of hydrogen-bond acceptors (Lipinski definition) is 2. The van der Waals surface area contributed by atoms with Crippen molar-refractivity contribution < 1.29 is 9.84 Å². The fourth-order valence-electron chi connectivity index (χ4n) is 1.96. The number of rotatable bonds is 4. The lowest BCUT2D eigenvalue weighted by atomic mass is 10.0. The van der Waals surface area contributed by atoms with Gasteiger partial charge in [0.15, 0.2) is 0 Å². The van der Waals surface area contributed by atoms with Crippen LogP contribution in [0, 0.1) is 0 Å². The maximum absolute atomic E-state index is 10.3. The van der Waals surface area contributed by atoms with Crippen LogP contribution in [-0.4, -0.2) is 12.2 Å². The summed E-state index contributed by atoms with van der Waals surface area (Å²) in [5.74, 6) is 0.645. The molecule has 1 unspecified atom stereocenters. The Morgan fingerprint density at radius 3 is 2.74 bits per heavy atom. The maximum Gasteiger partial charge on any atom is 0.124 e. The van der Waals surface area contributed by atoms with Crippen molar-refractivity contribution in [3.8, 4) is 5.75 Å². The maximum atomic E-state index is 10.3. The molecule has 0 aliphatic carbocycles. The van der Waals surface area contributed by atoms with E-state index in [9.17, 15) is 5.11 Å². The molecule has 19 heavy (non-hydrogen) atoms. The molecule has 0 aromatic heterocycles. The van der Waals surface area contributed by atoms with Crippen molar-refractivity contribution in [2.75, 3.05) is 7.11 Å². The largest absolute Gasteiger partial charge is 0.496 e. The van der Waals surface area contributed by atoms with Crippen molar-refractivity contribution in [3.05, 3.63) is 63.1 Å². The summed E-state index contributed by atoms with van der Waals surface area (Å²) in [5.41, 5.74) is 1.75. The van der Waals surface area contributed by atoms with E-state index in [4.69, 9.17) is 16.3 Å². The summed E-state index contributed by atoms with van der Waals surface area (Å²) in [6, 6.07) is 13.1. The minimum absolute atomic E-state index is 0.510. The van der Waals surface area contributed by atoms with Gasteiger partial charge in [0.25, 0.3) is 0 Å². The van der Waals surface area contributed by atoms with Crippen molar-refractivity contribution >= 4 is 27.5 Å². The van der Waals surface area contributed by atoms with E-state index in [-0.39, 0.29) is 0 Å². The molecule has 100 valence electrons. The molecule has 0 aliphatic heterocycles. The first kappa shape index (κ1) is 14.4. The zero-order valence-electron chi connectivity index (χ0n) is 10.4. The van der Waals surface area contributed by atoms with Gasteiger partial charge in [0, 0.05) is 21.5 Å². The van der Waals surface area contributed by atoms with Crippen molar-refractivity contribution in [1.82, 2.24) is 0 Å². The lowest BCUT2D eigenvalue weighted by Gasteiger charge is -2.15. The van der Waals surface area contributed by atoms with Gasteiger partial charge in [0.1, 0.15) is 5.75 Å². The van der Waals surface area contributed by atoms with Gasteiger partial charge in [-0.1, -0.05) is 39.7 Å². The van der Waals surface area contributed by atoms with Gasteiger partial charge in [0.05, 0.1) is 13.2 Å². The second-order valence-corrected chi connectivity index (χ2v) is 5.59. The first-order valence-electron chi connectivity index (χ1n) is 5.86. The van der Waals surface area contributed by atoms with Crippen LogP contribution in [-0.2, 0) is 6.42 Å². The van der Waals surface area contributed by atoms with Crippen LogP contribution in [0.2, 0.25) is 5.02 Å². The number of ether oxygens (including phenoxy) is 1. The second-order valence-electron chi connectivity index (χ2n) is 4.24. The van der Waals surface area contributed by atoms with Crippen LogP contribution in [0.4, 0.5) is 0 Å². The highest BCUT2D eigenvalue weighted by Crippen LogP contribution is 2.30. The lowest BCUT2D eigenvalue weighted by molar-refractivity contribution is 0.174. The fourth-order valence-corrected chi connectivity index (χ4v) is 2.59. The third kappa shape index (κ3) is 3.72. The topological polar surface area (TPSA) is 29.5 Å². The van der Waals surface area contributed by atoms with Crippen LogP contribution in [0.1, 0.15) is 17.2 Å². The molecule has 0 saturated heterocycles. The first-order chi connectivity index (χ1) is 9.10. The highest BCUT2D eigenvalue weighted by Gasteiger charge is 2.14. The Kier molecular flexibility index (Phi) is 4.86. The van der Waals surface area contributed by atoms with Crippen LogP contribution in [0.25, 0.3) is 0 Å². The summed E-state index contributed by atoms with van der Waals surface area (Å²) in [7, 11) is 1.58. The zero-order valence-corrected chi connectivity index (χ0v) is 12.8. The van der Waals surface area contributed by atoms with Gasteiger partial charge < -0.3 is 9.84 Å². The van der Waals surface area contributed by atoms with E-state index in [1.54, 1.807) is 25.3 Å². The number of hydrogen-bond donors (Lipinski definition) is 1. The quantitative estimate of drug-likeness (QED) is 0.894. The van der Waals surface area contributed by atoms with Crippen molar-refractivity contribution in [2.45, 2.75) is 12.5 Å². The molecule has 1 N–H and O–H groups in total. The molecule has 0 heterocycles. The van der Waals surface area contributed by atoms with Crippen LogP contribution in [0.15, 0.2) is 46.9 Å². The summed E-state index contributed by atoms with van der Waals surface area (Å²) in [6.07, 6.45) is -0.140. The summed E-state index contributed by atoms with van der Waals surface area (Å²) < 4.78 is 6.25. The number of benzene rings is 2. The fraction of sp³-hybridized carbons (Fsp3) is 0.200. The molecule has 2 nitrogen and oxygen atoms in total. The van der Waals surface area contributed by atoms with E-state index >= 15 is 0 Å². The molecule has 0 fully saturated rings. The summed E-state index contributed by atoms with van der Waals surface area (Å²) in [5, 5.41) is 10.9. The number of aliphatic hydroxyl groups excluding tert-OH is 1. The molecule has 2 rings (SSSR count). The molecular formula is C15H14BrClO2. The number of methoxy groups -OCH3 is 1. The predicted molar refractivity (Wildman–Crippen MR) is 80.8 cm³/mol. The Balaban J connectivity index is 2.24. The predicted octanol–water partition coefficient (Wildman–Crippen LogP) is 4.39. The van der Waals surface area contributed by atoms with Crippen LogP contribution in [0.3, 0.4) is 0 Å². The van der Waals surface area contributed by atoms with E-state index in [0.29, 0.717) is 22.8 Å². The second kappa shape index (κ2) is 6.42. The van der Waals surface area contributed by atoms with Gasteiger partial charge in [0.2, 0.25) is 0 Å². The van der Waals surface area contributed by atoms with E-state index in [1.165, 1.54) is 0 Å². The van der Waals surface area contributed by atoms with Gasteiger partial charge in [-0.25, -0.2) is 0 Å². The summed E-state index contributed by atoms with van der Waals surface area (Å²) in [6.45, 7) is 0. The first-order valence-corrected chi connectivity index (χ1v) is 7.03. The Hall–Kier alpha value is -1.03. The highest BCUT2D eigenvalue weighted by atomic mass is 79.9. The average molecular weight is 342 g/mol. The minimum Gasteiger partial charge on any atom is -0.496 e. The Morgan fingerprint density at radius 2 is 2.05 bits per heavy atom. The standard InChI is InChI=1S/C15H14BrClO2/c1-19-15-6-5-12(17)9-13(15)14(18)8-10-3-2-4-11(16)7-10/h2-7,9,14,18H,8H2,1H3. The summed E-state index contributed by atoms with van der Waals surface area (Å²) >= 11 is 9.39. The molecule has 2 aromatic carbocycles. The van der Waals surface area contributed by atoms with E-state index in [0.717, 1.165) is 10.0 Å².